The normalized spacial score (nSPS) is 20.1. The van der Waals surface area contributed by atoms with E-state index < -0.39 is 0 Å². The van der Waals surface area contributed by atoms with E-state index >= 15 is 0 Å². The van der Waals surface area contributed by atoms with Crippen molar-refractivity contribution in [3.05, 3.63) is 52.4 Å². The maximum atomic E-state index is 12.3. The molecule has 1 aromatic heterocycles. The number of carbonyl (C=O) groups excluding carboxylic acids is 1. The number of nitrogens with one attached hydrogen (secondary N) is 1. The first-order valence-corrected chi connectivity index (χ1v) is 8.93. The number of benzene rings is 1. The van der Waals surface area contributed by atoms with Gasteiger partial charge in [0.1, 0.15) is 18.1 Å². The van der Waals surface area contributed by atoms with E-state index in [0.717, 1.165) is 29.5 Å². The number of hydrogen-bond donors (Lipinski definition) is 2. The summed E-state index contributed by atoms with van der Waals surface area (Å²) in [7, 11) is 0. The van der Waals surface area contributed by atoms with E-state index in [2.05, 4.69) is 21.2 Å². The van der Waals surface area contributed by atoms with Crippen LogP contribution in [0.25, 0.3) is 0 Å². The van der Waals surface area contributed by atoms with Crippen molar-refractivity contribution in [2.24, 2.45) is 11.7 Å². The average molecular weight is 393 g/mol. The van der Waals surface area contributed by atoms with E-state index in [1.54, 1.807) is 12.1 Å². The van der Waals surface area contributed by atoms with Crippen LogP contribution in [-0.2, 0) is 6.61 Å². The van der Waals surface area contributed by atoms with Gasteiger partial charge >= 0.3 is 0 Å². The maximum absolute atomic E-state index is 12.3. The Bertz CT molecular complexity index is 701. The highest BCUT2D eigenvalue weighted by Crippen LogP contribution is 2.25. The lowest BCUT2D eigenvalue weighted by Crippen LogP contribution is -2.39. The fourth-order valence-electron chi connectivity index (χ4n) is 3.04. The number of nitrogens with two attached hydrogens (primary N) is 1. The Kier molecular flexibility index (Phi) is 5.58. The summed E-state index contributed by atoms with van der Waals surface area (Å²) in [6, 6.07) is 11.2. The predicted octanol–water partition coefficient (Wildman–Crippen LogP) is 3.48. The molecule has 1 aliphatic carbocycles. The molecule has 1 heterocycles. The molecule has 1 aromatic carbocycles. The van der Waals surface area contributed by atoms with Crippen LogP contribution < -0.4 is 15.8 Å². The third-order valence-electron chi connectivity index (χ3n) is 4.34. The largest absolute Gasteiger partial charge is 0.486 e. The van der Waals surface area contributed by atoms with Gasteiger partial charge in [0.05, 0.1) is 0 Å². The fourth-order valence-corrected chi connectivity index (χ4v) is 3.42. The number of rotatable bonds is 6. The van der Waals surface area contributed by atoms with Crippen molar-refractivity contribution < 1.29 is 13.9 Å². The molecule has 0 radical (unpaired) electrons. The molecule has 1 saturated carbocycles. The molecule has 0 saturated heterocycles. The van der Waals surface area contributed by atoms with Gasteiger partial charge in [-0.05, 0) is 55.6 Å². The summed E-state index contributed by atoms with van der Waals surface area (Å²) in [6.45, 7) is 0.882. The summed E-state index contributed by atoms with van der Waals surface area (Å²) in [5, 5.41) is 3.03. The Morgan fingerprint density at radius 3 is 3.00 bits per heavy atom. The van der Waals surface area contributed by atoms with Gasteiger partial charge in [-0.15, -0.1) is 0 Å². The van der Waals surface area contributed by atoms with Crippen LogP contribution in [0.15, 0.2) is 45.3 Å². The summed E-state index contributed by atoms with van der Waals surface area (Å²) in [5.74, 6) is 1.84. The number of halogens is 1. The van der Waals surface area contributed by atoms with Crippen molar-refractivity contribution in [3.8, 4) is 5.75 Å². The molecule has 6 heteroatoms. The van der Waals surface area contributed by atoms with Crippen LogP contribution in [0.3, 0.4) is 0 Å². The Balaban J connectivity index is 1.55. The van der Waals surface area contributed by atoms with Crippen molar-refractivity contribution in [3.63, 3.8) is 0 Å². The number of furan rings is 1. The minimum absolute atomic E-state index is 0.147. The van der Waals surface area contributed by atoms with Crippen molar-refractivity contribution in [2.45, 2.75) is 31.9 Å². The highest BCUT2D eigenvalue weighted by Gasteiger charge is 2.28. The quantitative estimate of drug-likeness (QED) is 0.788. The summed E-state index contributed by atoms with van der Waals surface area (Å²) < 4.78 is 12.2. The SMILES string of the molecule is NCC1CCCC1NC(=O)c1ccc(COc2cccc(Br)c2)o1. The third kappa shape index (κ3) is 4.19. The number of amides is 1. The molecular weight excluding hydrogens is 372 g/mol. The summed E-state index contributed by atoms with van der Waals surface area (Å²) in [6.07, 6.45) is 3.16. The number of hydrogen-bond acceptors (Lipinski definition) is 4. The lowest BCUT2D eigenvalue weighted by atomic mass is 10.0. The predicted molar refractivity (Wildman–Crippen MR) is 94.8 cm³/mol. The first-order chi connectivity index (χ1) is 11.7. The molecule has 2 unspecified atom stereocenters. The van der Waals surface area contributed by atoms with Gasteiger partial charge in [0.25, 0.3) is 5.91 Å². The zero-order valence-corrected chi connectivity index (χ0v) is 14.9. The van der Waals surface area contributed by atoms with Crippen molar-refractivity contribution >= 4 is 21.8 Å². The molecule has 3 rings (SSSR count). The van der Waals surface area contributed by atoms with Crippen molar-refractivity contribution in [2.75, 3.05) is 6.54 Å². The second kappa shape index (κ2) is 7.85. The average Bonchev–Trinajstić information content (AvgIpc) is 3.22. The monoisotopic (exact) mass is 392 g/mol. The van der Waals surface area contributed by atoms with Crippen molar-refractivity contribution in [1.29, 1.82) is 0 Å². The number of ether oxygens (including phenoxy) is 1. The van der Waals surface area contributed by atoms with E-state index in [9.17, 15) is 4.79 Å². The Hall–Kier alpha value is -1.79. The lowest BCUT2D eigenvalue weighted by molar-refractivity contribution is 0.0896. The van der Waals surface area contributed by atoms with Gasteiger partial charge in [-0.3, -0.25) is 4.79 Å². The van der Waals surface area contributed by atoms with Crippen LogP contribution in [0.2, 0.25) is 0 Å². The molecule has 128 valence electrons. The second-order valence-electron chi connectivity index (χ2n) is 6.02. The molecule has 2 atom stereocenters. The molecule has 1 aliphatic rings. The van der Waals surface area contributed by atoms with Crippen LogP contribution in [-0.4, -0.2) is 18.5 Å². The molecule has 5 nitrogen and oxygen atoms in total. The highest BCUT2D eigenvalue weighted by atomic mass is 79.9. The van der Waals surface area contributed by atoms with E-state index in [0.29, 0.717) is 24.0 Å². The number of carbonyl (C=O) groups is 1. The zero-order valence-electron chi connectivity index (χ0n) is 13.3. The smallest absolute Gasteiger partial charge is 0.287 e. The van der Waals surface area contributed by atoms with Gasteiger partial charge in [0.2, 0.25) is 0 Å². The lowest BCUT2D eigenvalue weighted by Gasteiger charge is -2.18. The van der Waals surface area contributed by atoms with Crippen molar-refractivity contribution in [1.82, 2.24) is 5.32 Å². The van der Waals surface area contributed by atoms with E-state index in [-0.39, 0.29) is 18.6 Å². The molecule has 1 amide bonds. The van der Waals surface area contributed by atoms with Crippen LogP contribution in [0.5, 0.6) is 5.75 Å². The summed E-state index contributed by atoms with van der Waals surface area (Å²) >= 11 is 3.40. The van der Waals surface area contributed by atoms with Crippen LogP contribution in [0, 0.1) is 5.92 Å². The first kappa shape index (κ1) is 17.0. The Morgan fingerprint density at radius 2 is 2.21 bits per heavy atom. The maximum Gasteiger partial charge on any atom is 0.287 e. The molecule has 2 aromatic rings. The summed E-state index contributed by atoms with van der Waals surface area (Å²) in [5.41, 5.74) is 5.75. The third-order valence-corrected chi connectivity index (χ3v) is 4.83. The van der Waals surface area contributed by atoms with E-state index in [1.807, 2.05) is 24.3 Å². The van der Waals surface area contributed by atoms with Gasteiger partial charge < -0.3 is 20.2 Å². The standard InChI is InChI=1S/C18H21BrN2O3/c19-13-4-2-5-14(9-13)23-11-15-7-8-17(24-15)18(22)21-16-6-1-3-12(16)10-20/h2,4-5,7-9,12,16H,1,3,6,10-11,20H2,(H,21,22). The van der Waals surface area contributed by atoms with Gasteiger partial charge in [-0.1, -0.05) is 28.4 Å². The van der Waals surface area contributed by atoms with Gasteiger partial charge in [0, 0.05) is 10.5 Å². The Morgan fingerprint density at radius 1 is 1.33 bits per heavy atom. The molecule has 0 bridgehead atoms. The molecule has 1 fully saturated rings. The minimum atomic E-state index is -0.186. The van der Waals surface area contributed by atoms with Gasteiger partial charge in [-0.25, -0.2) is 0 Å². The molecule has 3 N–H and O–H groups in total. The summed E-state index contributed by atoms with van der Waals surface area (Å²) in [4.78, 5) is 12.3. The zero-order chi connectivity index (χ0) is 16.9. The highest BCUT2D eigenvalue weighted by molar-refractivity contribution is 9.10. The second-order valence-corrected chi connectivity index (χ2v) is 6.93. The van der Waals surface area contributed by atoms with Crippen LogP contribution in [0.1, 0.15) is 35.6 Å². The van der Waals surface area contributed by atoms with E-state index in [4.69, 9.17) is 14.9 Å². The molecular formula is C18H21BrN2O3. The van der Waals surface area contributed by atoms with Crippen LogP contribution in [0.4, 0.5) is 0 Å². The Labute approximate surface area is 149 Å². The molecule has 0 spiro atoms. The minimum Gasteiger partial charge on any atom is -0.486 e. The fraction of sp³-hybridized carbons (Fsp3) is 0.389. The van der Waals surface area contributed by atoms with Crippen LogP contribution >= 0.6 is 15.9 Å². The van der Waals surface area contributed by atoms with Gasteiger partial charge in [0.15, 0.2) is 5.76 Å². The molecule has 0 aliphatic heterocycles. The topological polar surface area (TPSA) is 77.5 Å². The van der Waals surface area contributed by atoms with Gasteiger partial charge in [-0.2, -0.15) is 0 Å². The first-order valence-electron chi connectivity index (χ1n) is 8.13. The van der Waals surface area contributed by atoms with E-state index in [1.165, 1.54) is 0 Å². The molecule has 24 heavy (non-hydrogen) atoms.